The summed E-state index contributed by atoms with van der Waals surface area (Å²) in [5.74, 6) is 0.302. The van der Waals surface area contributed by atoms with E-state index in [0.717, 1.165) is 16.5 Å². The SMILES string of the molecule is CCOC(=O)c1c(C)oc2cccc(C)c12. The van der Waals surface area contributed by atoms with Crippen molar-refractivity contribution in [2.45, 2.75) is 20.8 Å². The van der Waals surface area contributed by atoms with Gasteiger partial charge in [0.15, 0.2) is 0 Å². The van der Waals surface area contributed by atoms with Crippen molar-refractivity contribution in [2.75, 3.05) is 6.61 Å². The van der Waals surface area contributed by atoms with E-state index in [2.05, 4.69) is 0 Å². The molecule has 2 aromatic rings. The minimum Gasteiger partial charge on any atom is -0.462 e. The summed E-state index contributed by atoms with van der Waals surface area (Å²) in [7, 11) is 0. The highest BCUT2D eigenvalue weighted by atomic mass is 16.5. The molecule has 0 atom stereocenters. The number of fused-ring (bicyclic) bond motifs is 1. The van der Waals surface area contributed by atoms with E-state index in [0.29, 0.717) is 17.9 Å². The maximum Gasteiger partial charge on any atom is 0.342 e. The summed E-state index contributed by atoms with van der Waals surface area (Å²) < 4.78 is 10.6. The van der Waals surface area contributed by atoms with E-state index in [1.54, 1.807) is 13.8 Å². The molecule has 0 fully saturated rings. The van der Waals surface area contributed by atoms with Crippen molar-refractivity contribution >= 4 is 16.9 Å². The van der Waals surface area contributed by atoms with Crippen LogP contribution in [0.15, 0.2) is 22.6 Å². The number of rotatable bonds is 2. The Morgan fingerprint density at radius 2 is 2.12 bits per heavy atom. The third-order valence-corrected chi connectivity index (χ3v) is 2.58. The predicted octanol–water partition coefficient (Wildman–Crippen LogP) is 3.23. The number of ether oxygens (including phenoxy) is 1. The second-order valence-corrected chi connectivity index (χ2v) is 3.70. The Labute approximate surface area is 94.0 Å². The van der Waals surface area contributed by atoms with Crippen molar-refractivity contribution < 1.29 is 13.9 Å². The summed E-state index contributed by atoms with van der Waals surface area (Å²) in [6.07, 6.45) is 0. The van der Waals surface area contributed by atoms with Gasteiger partial charge in [0, 0.05) is 5.39 Å². The second-order valence-electron chi connectivity index (χ2n) is 3.70. The lowest BCUT2D eigenvalue weighted by Gasteiger charge is -2.01. The number of hydrogen-bond donors (Lipinski definition) is 0. The molecule has 0 aliphatic carbocycles. The van der Waals surface area contributed by atoms with Crippen LogP contribution >= 0.6 is 0 Å². The van der Waals surface area contributed by atoms with Crippen molar-refractivity contribution in [3.05, 3.63) is 35.1 Å². The first-order valence-corrected chi connectivity index (χ1v) is 5.31. The molecular weight excluding hydrogens is 204 g/mol. The van der Waals surface area contributed by atoms with Crippen LogP contribution in [0.4, 0.5) is 0 Å². The Balaban J connectivity index is 2.68. The van der Waals surface area contributed by atoms with Gasteiger partial charge in [0.25, 0.3) is 0 Å². The number of benzene rings is 1. The van der Waals surface area contributed by atoms with Crippen LogP contribution in [-0.2, 0) is 4.74 Å². The number of carbonyl (C=O) groups excluding carboxylic acids is 1. The number of furan rings is 1. The minimum absolute atomic E-state index is 0.312. The predicted molar refractivity (Wildman–Crippen MR) is 61.6 cm³/mol. The lowest BCUT2D eigenvalue weighted by Crippen LogP contribution is -2.05. The third-order valence-electron chi connectivity index (χ3n) is 2.58. The minimum atomic E-state index is -0.312. The molecule has 1 aromatic carbocycles. The first kappa shape index (κ1) is 10.7. The summed E-state index contributed by atoms with van der Waals surface area (Å²) in [6, 6.07) is 5.73. The number of aryl methyl sites for hydroxylation is 2. The standard InChI is InChI=1S/C13H14O3/c1-4-15-13(14)12-9(3)16-10-7-5-6-8(2)11(10)12/h5-7H,4H2,1-3H3. The van der Waals surface area contributed by atoms with E-state index >= 15 is 0 Å². The van der Waals surface area contributed by atoms with Crippen LogP contribution in [-0.4, -0.2) is 12.6 Å². The van der Waals surface area contributed by atoms with Gasteiger partial charge in [-0.1, -0.05) is 12.1 Å². The lowest BCUT2D eigenvalue weighted by molar-refractivity contribution is 0.0526. The van der Waals surface area contributed by atoms with Crippen LogP contribution in [0.5, 0.6) is 0 Å². The highest BCUT2D eigenvalue weighted by molar-refractivity contribution is 6.05. The van der Waals surface area contributed by atoms with Gasteiger partial charge in [0.1, 0.15) is 16.9 Å². The quantitative estimate of drug-likeness (QED) is 0.726. The van der Waals surface area contributed by atoms with Gasteiger partial charge in [0.2, 0.25) is 0 Å². The number of hydrogen-bond acceptors (Lipinski definition) is 3. The number of carbonyl (C=O) groups is 1. The molecule has 0 amide bonds. The Bertz CT molecular complexity index is 537. The molecule has 84 valence electrons. The fourth-order valence-corrected chi connectivity index (χ4v) is 1.89. The Hall–Kier alpha value is -1.77. The van der Waals surface area contributed by atoms with Gasteiger partial charge in [-0.2, -0.15) is 0 Å². The largest absolute Gasteiger partial charge is 0.462 e. The van der Waals surface area contributed by atoms with Crippen LogP contribution in [0.2, 0.25) is 0 Å². The summed E-state index contributed by atoms with van der Waals surface area (Å²) in [6.45, 7) is 5.91. The molecular formula is C13H14O3. The van der Waals surface area contributed by atoms with Crippen LogP contribution in [0.25, 0.3) is 11.0 Å². The zero-order chi connectivity index (χ0) is 11.7. The molecule has 1 aromatic heterocycles. The topological polar surface area (TPSA) is 39.4 Å². The average molecular weight is 218 g/mol. The second kappa shape index (κ2) is 4.00. The summed E-state index contributed by atoms with van der Waals surface area (Å²) in [4.78, 5) is 11.8. The molecule has 0 bridgehead atoms. The molecule has 0 saturated carbocycles. The van der Waals surface area contributed by atoms with E-state index in [9.17, 15) is 4.79 Å². The van der Waals surface area contributed by atoms with Gasteiger partial charge < -0.3 is 9.15 Å². The lowest BCUT2D eigenvalue weighted by atomic mass is 10.1. The van der Waals surface area contributed by atoms with E-state index in [1.807, 2.05) is 25.1 Å². The Kier molecular flexibility index (Phi) is 2.69. The van der Waals surface area contributed by atoms with Gasteiger partial charge in [0.05, 0.1) is 6.61 Å². The average Bonchev–Trinajstić information content (AvgIpc) is 2.56. The van der Waals surface area contributed by atoms with Gasteiger partial charge in [-0.25, -0.2) is 4.79 Å². The molecule has 0 aliphatic rings. The van der Waals surface area contributed by atoms with E-state index in [1.165, 1.54) is 0 Å². The smallest absolute Gasteiger partial charge is 0.342 e. The summed E-state index contributed by atoms with van der Waals surface area (Å²) >= 11 is 0. The van der Waals surface area contributed by atoms with Crippen LogP contribution in [0, 0.1) is 13.8 Å². The summed E-state index contributed by atoms with van der Waals surface area (Å²) in [5.41, 5.74) is 2.31. The molecule has 1 heterocycles. The van der Waals surface area contributed by atoms with Crippen molar-refractivity contribution in [1.29, 1.82) is 0 Å². The maximum absolute atomic E-state index is 11.8. The fourth-order valence-electron chi connectivity index (χ4n) is 1.89. The fraction of sp³-hybridized carbons (Fsp3) is 0.308. The molecule has 0 aliphatic heterocycles. The van der Waals surface area contributed by atoms with E-state index in [-0.39, 0.29) is 5.97 Å². The van der Waals surface area contributed by atoms with Gasteiger partial charge >= 0.3 is 5.97 Å². The molecule has 0 spiro atoms. The van der Waals surface area contributed by atoms with E-state index < -0.39 is 0 Å². The highest BCUT2D eigenvalue weighted by Crippen LogP contribution is 2.28. The van der Waals surface area contributed by atoms with Crippen molar-refractivity contribution in [2.24, 2.45) is 0 Å². The van der Waals surface area contributed by atoms with Gasteiger partial charge in [-0.3, -0.25) is 0 Å². The third kappa shape index (κ3) is 1.58. The van der Waals surface area contributed by atoms with Crippen molar-refractivity contribution in [3.63, 3.8) is 0 Å². The molecule has 2 rings (SSSR count). The monoisotopic (exact) mass is 218 g/mol. The normalized spacial score (nSPS) is 10.7. The van der Waals surface area contributed by atoms with E-state index in [4.69, 9.17) is 9.15 Å². The molecule has 0 N–H and O–H groups in total. The van der Waals surface area contributed by atoms with Crippen LogP contribution in [0.1, 0.15) is 28.6 Å². The van der Waals surface area contributed by atoms with Crippen LogP contribution in [0.3, 0.4) is 0 Å². The molecule has 16 heavy (non-hydrogen) atoms. The van der Waals surface area contributed by atoms with Crippen molar-refractivity contribution in [3.8, 4) is 0 Å². The first-order chi connectivity index (χ1) is 7.65. The molecule has 3 heteroatoms. The zero-order valence-electron chi connectivity index (χ0n) is 9.66. The van der Waals surface area contributed by atoms with Gasteiger partial charge in [-0.15, -0.1) is 0 Å². The molecule has 3 nitrogen and oxygen atoms in total. The zero-order valence-corrected chi connectivity index (χ0v) is 9.66. The molecule has 0 radical (unpaired) electrons. The maximum atomic E-state index is 11.8. The number of esters is 1. The summed E-state index contributed by atoms with van der Waals surface area (Å²) in [5, 5.41) is 0.860. The van der Waals surface area contributed by atoms with Crippen LogP contribution < -0.4 is 0 Å². The molecule has 0 saturated heterocycles. The molecule has 0 unspecified atom stereocenters. The first-order valence-electron chi connectivity index (χ1n) is 5.31. The van der Waals surface area contributed by atoms with Crippen molar-refractivity contribution in [1.82, 2.24) is 0 Å². The Morgan fingerprint density at radius 3 is 2.81 bits per heavy atom. The Morgan fingerprint density at radius 1 is 1.38 bits per heavy atom. The van der Waals surface area contributed by atoms with Gasteiger partial charge in [-0.05, 0) is 32.4 Å². The highest BCUT2D eigenvalue weighted by Gasteiger charge is 2.20.